The van der Waals surface area contributed by atoms with E-state index in [1.165, 1.54) is 0 Å². The first-order valence-electron chi connectivity index (χ1n) is 10.8. The van der Waals surface area contributed by atoms with Crippen molar-refractivity contribution in [1.82, 2.24) is 20.9 Å². The molecule has 1 saturated heterocycles. The number of rotatable bonds is 10. The number of nitrogens with one attached hydrogen (secondary N) is 4. The highest BCUT2D eigenvalue weighted by atomic mass is 35.5. The maximum atomic E-state index is 13.1. The first kappa shape index (κ1) is 23.8. The number of carbonyl (C=O) groups excluding carboxylic acids is 4. The quantitative estimate of drug-likeness (QED) is 0.406. The number of para-hydroxylation sites is 1. The molecule has 0 bridgehead atoms. The van der Waals surface area contributed by atoms with Crippen LogP contribution in [0.15, 0.2) is 30.3 Å². The number of benzene rings is 1. The highest BCUT2D eigenvalue weighted by molar-refractivity contribution is 6.28. The lowest BCUT2D eigenvalue weighted by atomic mass is 9.95. The Hall–Kier alpha value is -2.87. The Bertz CT molecular complexity index is 970. The number of ketones is 1. The van der Waals surface area contributed by atoms with Crippen LogP contribution in [0.5, 0.6) is 0 Å². The first-order chi connectivity index (χ1) is 15.3. The van der Waals surface area contributed by atoms with E-state index in [4.69, 9.17) is 11.6 Å². The molecule has 3 amide bonds. The van der Waals surface area contributed by atoms with Gasteiger partial charge in [-0.2, -0.15) is 0 Å². The summed E-state index contributed by atoms with van der Waals surface area (Å²) in [7, 11) is 0. The first-order valence-corrected chi connectivity index (χ1v) is 11.4. The summed E-state index contributed by atoms with van der Waals surface area (Å²) in [6, 6.07) is 7.52. The predicted octanol–water partition coefficient (Wildman–Crippen LogP) is 2.13. The molecule has 2 heterocycles. The maximum absolute atomic E-state index is 13.1. The van der Waals surface area contributed by atoms with Crippen molar-refractivity contribution in [2.24, 2.45) is 11.8 Å². The summed E-state index contributed by atoms with van der Waals surface area (Å²) in [5.41, 5.74) is 1.17. The van der Waals surface area contributed by atoms with E-state index in [2.05, 4.69) is 20.9 Å². The summed E-state index contributed by atoms with van der Waals surface area (Å²) in [6.07, 6.45) is 1.18. The van der Waals surface area contributed by atoms with Gasteiger partial charge in [-0.05, 0) is 37.3 Å². The fourth-order valence-electron chi connectivity index (χ4n) is 3.93. The Morgan fingerprint density at radius 1 is 1.16 bits per heavy atom. The van der Waals surface area contributed by atoms with E-state index >= 15 is 0 Å². The smallest absolute Gasteiger partial charge is 0.268 e. The lowest BCUT2D eigenvalue weighted by molar-refractivity contribution is -0.129. The van der Waals surface area contributed by atoms with Crippen molar-refractivity contribution in [1.29, 1.82) is 0 Å². The van der Waals surface area contributed by atoms with Crippen LogP contribution < -0.4 is 16.0 Å². The summed E-state index contributed by atoms with van der Waals surface area (Å²) >= 11 is 5.74. The number of alkyl halides is 1. The highest BCUT2D eigenvalue weighted by Crippen LogP contribution is 2.18. The molecular weight excluding hydrogens is 432 g/mol. The number of H-pyrrole nitrogens is 1. The number of fused-ring (bicyclic) bond motifs is 1. The monoisotopic (exact) mass is 460 g/mol. The van der Waals surface area contributed by atoms with Gasteiger partial charge in [0.25, 0.3) is 5.91 Å². The van der Waals surface area contributed by atoms with E-state index in [1.54, 1.807) is 6.07 Å². The molecule has 1 fully saturated rings. The van der Waals surface area contributed by atoms with Crippen LogP contribution in [0.4, 0.5) is 0 Å². The number of carbonyl (C=O) groups is 4. The van der Waals surface area contributed by atoms with Crippen molar-refractivity contribution in [2.75, 3.05) is 12.4 Å². The number of amides is 3. The molecule has 0 spiro atoms. The Kier molecular flexibility index (Phi) is 7.90. The lowest BCUT2D eigenvalue weighted by Gasteiger charge is -2.24. The molecule has 172 valence electrons. The van der Waals surface area contributed by atoms with Crippen molar-refractivity contribution in [3.8, 4) is 0 Å². The molecule has 1 aliphatic rings. The van der Waals surface area contributed by atoms with Crippen LogP contribution in [-0.4, -0.2) is 53.0 Å². The molecule has 4 N–H and O–H groups in total. The summed E-state index contributed by atoms with van der Waals surface area (Å²) in [4.78, 5) is 53.3. The van der Waals surface area contributed by atoms with Crippen LogP contribution in [-0.2, 0) is 14.4 Å². The molecule has 2 aromatic rings. The summed E-state index contributed by atoms with van der Waals surface area (Å²) in [5, 5.41) is 9.14. The Morgan fingerprint density at radius 3 is 2.53 bits per heavy atom. The normalized spacial score (nSPS) is 17.8. The number of halogens is 1. The average molecular weight is 461 g/mol. The lowest BCUT2D eigenvalue weighted by Crippen LogP contribution is -2.53. The number of aromatic amines is 1. The molecule has 1 aromatic heterocycles. The van der Waals surface area contributed by atoms with Gasteiger partial charge in [0.2, 0.25) is 11.8 Å². The van der Waals surface area contributed by atoms with Gasteiger partial charge < -0.3 is 20.9 Å². The van der Waals surface area contributed by atoms with E-state index in [9.17, 15) is 19.2 Å². The number of Topliss-reactive ketones (excluding diaryl/α,β-unsaturated/α-hetero) is 1. The van der Waals surface area contributed by atoms with Crippen LogP contribution in [0.1, 0.15) is 43.6 Å². The van der Waals surface area contributed by atoms with Crippen LogP contribution in [0, 0.1) is 11.8 Å². The minimum Gasteiger partial charge on any atom is -0.356 e. The standard InChI is InChI=1S/C23H29ClN4O4/c1-13(2)9-18(28-23(32)19-10-14-5-3-4-6-16(14)26-19)22(31)27-17(20(29)12-24)11-15-7-8-25-21(15)30/h3-6,10,13,15,17-18,26H,7-9,11-12H2,1-2H3,(H,25,30)(H,27,31)(H,28,32)/t15-,17-,18-/m0/s1. The van der Waals surface area contributed by atoms with Gasteiger partial charge >= 0.3 is 0 Å². The third-order valence-corrected chi connectivity index (χ3v) is 5.89. The molecule has 32 heavy (non-hydrogen) atoms. The van der Waals surface area contributed by atoms with E-state index in [-0.39, 0.29) is 35.8 Å². The number of hydrogen-bond acceptors (Lipinski definition) is 4. The average Bonchev–Trinajstić information content (AvgIpc) is 3.37. The zero-order chi connectivity index (χ0) is 23.3. The van der Waals surface area contributed by atoms with Gasteiger partial charge in [-0.15, -0.1) is 11.6 Å². The molecule has 1 aliphatic heterocycles. The molecule has 0 radical (unpaired) electrons. The second-order valence-corrected chi connectivity index (χ2v) is 8.87. The highest BCUT2D eigenvalue weighted by Gasteiger charge is 2.33. The van der Waals surface area contributed by atoms with Gasteiger partial charge in [-0.3, -0.25) is 19.2 Å². The van der Waals surface area contributed by atoms with Crippen molar-refractivity contribution in [3.63, 3.8) is 0 Å². The molecular formula is C23H29ClN4O4. The van der Waals surface area contributed by atoms with Crippen molar-refractivity contribution >= 4 is 46.0 Å². The molecule has 3 rings (SSSR count). The van der Waals surface area contributed by atoms with Gasteiger partial charge in [0.15, 0.2) is 5.78 Å². The Balaban J connectivity index is 1.72. The maximum Gasteiger partial charge on any atom is 0.268 e. The van der Waals surface area contributed by atoms with Crippen LogP contribution in [0.2, 0.25) is 0 Å². The van der Waals surface area contributed by atoms with Crippen molar-refractivity contribution in [2.45, 2.75) is 45.2 Å². The van der Waals surface area contributed by atoms with Gasteiger partial charge in [0, 0.05) is 23.4 Å². The van der Waals surface area contributed by atoms with E-state index in [0.717, 1.165) is 10.9 Å². The Morgan fingerprint density at radius 2 is 1.91 bits per heavy atom. The molecule has 1 aromatic carbocycles. The van der Waals surface area contributed by atoms with Crippen molar-refractivity contribution in [3.05, 3.63) is 36.0 Å². The topological polar surface area (TPSA) is 120 Å². The largest absolute Gasteiger partial charge is 0.356 e. The van der Waals surface area contributed by atoms with E-state index < -0.39 is 23.9 Å². The molecule has 8 nitrogen and oxygen atoms in total. The van der Waals surface area contributed by atoms with Crippen molar-refractivity contribution < 1.29 is 19.2 Å². The minimum atomic E-state index is -0.881. The van der Waals surface area contributed by atoms with E-state index in [0.29, 0.717) is 25.1 Å². The second-order valence-electron chi connectivity index (χ2n) is 8.60. The van der Waals surface area contributed by atoms with Gasteiger partial charge in [0.1, 0.15) is 11.7 Å². The SMILES string of the molecule is CC(C)C[C@H](NC(=O)c1cc2ccccc2[nH]1)C(=O)N[C@@H](C[C@@H]1CCNC1=O)C(=O)CCl. The summed E-state index contributed by atoms with van der Waals surface area (Å²) in [5.74, 6) is -1.85. The zero-order valence-corrected chi connectivity index (χ0v) is 19.0. The van der Waals surface area contributed by atoms with Gasteiger partial charge in [-0.1, -0.05) is 32.0 Å². The summed E-state index contributed by atoms with van der Waals surface area (Å²) in [6.45, 7) is 4.44. The molecule has 0 unspecified atom stereocenters. The fraction of sp³-hybridized carbons (Fsp3) is 0.478. The van der Waals surface area contributed by atoms with E-state index in [1.807, 2.05) is 38.1 Å². The number of aromatic nitrogens is 1. The Labute approximate surface area is 191 Å². The third kappa shape index (κ3) is 5.88. The van der Waals surface area contributed by atoms with Crippen LogP contribution in [0.25, 0.3) is 10.9 Å². The zero-order valence-electron chi connectivity index (χ0n) is 18.2. The molecule has 0 aliphatic carbocycles. The van der Waals surface area contributed by atoms with Gasteiger partial charge in [-0.25, -0.2) is 0 Å². The number of hydrogen-bond donors (Lipinski definition) is 4. The van der Waals surface area contributed by atoms with Gasteiger partial charge in [0.05, 0.1) is 11.9 Å². The minimum absolute atomic E-state index is 0.122. The summed E-state index contributed by atoms with van der Waals surface area (Å²) < 4.78 is 0. The molecule has 3 atom stereocenters. The molecule has 9 heteroatoms. The molecule has 0 saturated carbocycles. The predicted molar refractivity (Wildman–Crippen MR) is 122 cm³/mol. The van der Waals surface area contributed by atoms with Crippen LogP contribution in [0.3, 0.4) is 0 Å². The fourth-order valence-corrected chi connectivity index (χ4v) is 4.11. The second kappa shape index (κ2) is 10.6. The van der Waals surface area contributed by atoms with Crippen LogP contribution >= 0.6 is 11.6 Å². The third-order valence-electron chi connectivity index (χ3n) is 5.62.